The summed E-state index contributed by atoms with van der Waals surface area (Å²) < 4.78 is 40.7. The molecule has 1 aromatic heterocycles. The number of fused-ring (bicyclic) bond motifs is 1. The maximum absolute atomic E-state index is 14.0. The van der Waals surface area contributed by atoms with E-state index >= 15 is 0 Å². The van der Waals surface area contributed by atoms with Crippen LogP contribution in [0.25, 0.3) is 11.0 Å². The largest absolute Gasteiger partial charge is 0.404 e. The number of aromatic amines is 1. The van der Waals surface area contributed by atoms with E-state index in [0.29, 0.717) is 43.9 Å². The van der Waals surface area contributed by atoms with Crippen LogP contribution >= 0.6 is 0 Å². The highest BCUT2D eigenvalue weighted by atomic mass is 19.4. The van der Waals surface area contributed by atoms with Gasteiger partial charge in [-0.05, 0) is 99.0 Å². The summed E-state index contributed by atoms with van der Waals surface area (Å²) in [5.41, 5.74) is 6.76. The van der Waals surface area contributed by atoms with Crippen molar-refractivity contribution in [2.45, 2.75) is 71.3 Å². The Bertz CT molecular complexity index is 1680. The maximum Gasteiger partial charge on any atom is 0.404 e. The number of hydrogen-bond donors (Lipinski definition) is 2. The topological polar surface area (TPSA) is 81.3 Å². The second kappa shape index (κ2) is 12.3. The highest BCUT2D eigenvalue weighted by Gasteiger charge is 2.46. The molecule has 4 aromatic rings. The van der Waals surface area contributed by atoms with Gasteiger partial charge in [-0.1, -0.05) is 42.5 Å². The molecule has 3 heterocycles. The van der Waals surface area contributed by atoms with Crippen LogP contribution in [0.1, 0.15) is 69.9 Å². The minimum Gasteiger partial charge on any atom is -0.331 e. The van der Waals surface area contributed by atoms with Crippen LogP contribution in [-0.4, -0.2) is 56.9 Å². The number of aryl methyl sites for hydroxylation is 3. The van der Waals surface area contributed by atoms with Gasteiger partial charge in [0.1, 0.15) is 6.04 Å². The normalized spacial score (nSPS) is 20.9. The van der Waals surface area contributed by atoms with Crippen molar-refractivity contribution in [3.05, 3.63) is 94.0 Å². The number of nitrogens with zero attached hydrogens (tertiary/aromatic N) is 3. The fourth-order valence-corrected chi connectivity index (χ4v) is 6.86. The highest BCUT2D eigenvalue weighted by molar-refractivity contribution is 5.98. The zero-order chi connectivity index (χ0) is 31.9. The monoisotopic (exact) mass is 617 g/mol. The van der Waals surface area contributed by atoms with Gasteiger partial charge in [0.15, 0.2) is 0 Å². The van der Waals surface area contributed by atoms with Crippen LogP contribution in [0.5, 0.6) is 0 Å². The van der Waals surface area contributed by atoms with Crippen LogP contribution < -0.4 is 5.32 Å². The minimum absolute atomic E-state index is 0.112. The van der Waals surface area contributed by atoms with E-state index in [9.17, 15) is 22.8 Å². The van der Waals surface area contributed by atoms with E-state index in [1.807, 2.05) is 75.4 Å². The number of piperidine rings is 1. The lowest BCUT2D eigenvalue weighted by Crippen LogP contribution is -2.46. The van der Waals surface area contributed by atoms with Crippen LogP contribution in [-0.2, 0) is 11.3 Å². The van der Waals surface area contributed by atoms with E-state index in [1.54, 1.807) is 11.0 Å². The first-order chi connectivity index (χ1) is 21.5. The Morgan fingerprint density at radius 1 is 0.933 bits per heavy atom. The number of hydrogen-bond acceptors (Lipinski definition) is 4. The molecule has 0 radical (unpaired) electrons. The van der Waals surface area contributed by atoms with Gasteiger partial charge in [-0.3, -0.25) is 19.8 Å². The van der Waals surface area contributed by atoms with E-state index in [1.165, 1.54) is 4.90 Å². The van der Waals surface area contributed by atoms with E-state index < -0.39 is 24.2 Å². The molecular formula is C35H38F3N5O2. The molecule has 3 atom stereocenters. The molecule has 7 nitrogen and oxygen atoms in total. The summed E-state index contributed by atoms with van der Waals surface area (Å²) in [6, 6.07) is 16.7. The van der Waals surface area contributed by atoms with E-state index in [-0.39, 0.29) is 24.8 Å². The molecule has 2 amide bonds. The molecule has 6 rings (SSSR count). The van der Waals surface area contributed by atoms with E-state index in [2.05, 4.69) is 15.3 Å². The number of alkyl halides is 3. The van der Waals surface area contributed by atoms with Gasteiger partial charge in [0, 0.05) is 18.7 Å². The Morgan fingerprint density at radius 3 is 2.38 bits per heavy atom. The second-order valence-electron chi connectivity index (χ2n) is 12.4. The SMILES string of the molecule is Cc1cc2nc(NC(=O)C3CCCN(C(=O)c4ccccc4C)[C@H]3c3ccc(CN4CCC[C@@H]4C(F)(F)F)cc3)[nH]c2cc1C. The summed E-state index contributed by atoms with van der Waals surface area (Å²) in [7, 11) is 0. The second-order valence-corrected chi connectivity index (χ2v) is 12.4. The molecule has 2 aliphatic heterocycles. The van der Waals surface area contributed by atoms with Crippen molar-refractivity contribution in [1.82, 2.24) is 19.8 Å². The quantitative estimate of drug-likeness (QED) is 0.239. The summed E-state index contributed by atoms with van der Waals surface area (Å²) in [5.74, 6) is -0.618. The van der Waals surface area contributed by atoms with Crippen molar-refractivity contribution in [3.8, 4) is 0 Å². The van der Waals surface area contributed by atoms with Crippen molar-refractivity contribution in [1.29, 1.82) is 0 Å². The van der Waals surface area contributed by atoms with Crippen LogP contribution in [0, 0.1) is 26.7 Å². The van der Waals surface area contributed by atoms with Gasteiger partial charge in [-0.2, -0.15) is 13.2 Å². The summed E-state index contributed by atoms with van der Waals surface area (Å²) >= 11 is 0. The number of imidazole rings is 1. The van der Waals surface area contributed by atoms with Crippen LogP contribution in [0.2, 0.25) is 0 Å². The number of H-pyrrole nitrogens is 1. The van der Waals surface area contributed by atoms with E-state index in [4.69, 9.17) is 0 Å². The molecule has 236 valence electrons. The van der Waals surface area contributed by atoms with Gasteiger partial charge >= 0.3 is 6.18 Å². The smallest absolute Gasteiger partial charge is 0.331 e. The first-order valence-electron chi connectivity index (χ1n) is 15.5. The van der Waals surface area contributed by atoms with Gasteiger partial charge in [0.25, 0.3) is 5.91 Å². The van der Waals surface area contributed by atoms with E-state index in [0.717, 1.165) is 38.9 Å². The molecule has 45 heavy (non-hydrogen) atoms. The molecule has 0 bridgehead atoms. The number of benzene rings is 3. The first kappa shape index (κ1) is 30.8. The van der Waals surface area contributed by atoms with Crippen molar-refractivity contribution in [3.63, 3.8) is 0 Å². The third kappa shape index (κ3) is 6.33. The number of anilines is 1. The molecular weight excluding hydrogens is 579 g/mol. The number of aromatic nitrogens is 2. The van der Waals surface area contributed by atoms with Crippen molar-refractivity contribution < 1.29 is 22.8 Å². The lowest BCUT2D eigenvalue weighted by atomic mass is 9.83. The van der Waals surface area contributed by atoms with Crippen LogP contribution in [0.3, 0.4) is 0 Å². The van der Waals surface area contributed by atoms with Crippen molar-refractivity contribution in [2.24, 2.45) is 5.92 Å². The number of amides is 2. The molecule has 0 spiro atoms. The number of carbonyl (C=O) groups excluding carboxylic acids is 2. The zero-order valence-corrected chi connectivity index (χ0v) is 25.7. The highest BCUT2D eigenvalue weighted by Crippen LogP contribution is 2.39. The van der Waals surface area contributed by atoms with Gasteiger partial charge in [0.2, 0.25) is 11.9 Å². The van der Waals surface area contributed by atoms with Gasteiger partial charge in [-0.25, -0.2) is 4.98 Å². The molecule has 2 N–H and O–H groups in total. The molecule has 1 unspecified atom stereocenters. The van der Waals surface area contributed by atoms with Gasteiger partial charge in [0.05, 0.1) is 23.0 Å². The number of nitrogens with one attached hydrogen (secondary N) is 2. The number of rotatable bonds is 6. The fourth-order valence-electron chi connectivity index (χ4n) is 6.86. The molecule has 2 saturated heterocycles. The molecule has 3 aromatic carbocycles. The number of halogens is 3. The third-order valence-corrected chi connectivity index (χ3v) is 9.39. The standard InChI is InChI=1S/C35H38F3N5O2/c1-21-8-4-5-9-26(21)33(45)43-17-6-10-27(32(44)41-34-39-28-18-22(2)23(3)19-29(28)40-34)31(43)25-14-12-24(13-15-25)20-42-16-7-11-30(42)35(36,37)38/h4-5,8-9,12-15,18-19,27,30-31H,6-7,10-11,16-17,20H2,1-3H3,(H2,39,40,41,44)/t27?,30-,31+/m1/s1. The van der Waals surface area contributed by atoms with Crippen LogP contribution in [0.15, 0.2) is 60.7 Å². The summed E-state index contributed by atoms with van der Waals surface area (Å²) in [6.45, 7) is 6.99. The summed E-state index contributed by atoms with van der Waals surface area (Å²) in [5, 5.41) is 2.97. The van der Waals surface area contributed by atoms with Crippen molar-refractivity contribution >= 4 is 28.8 Å². The average molecular weight is 618 g/mol. The number of carbonyl (C=O) groups is 2. The lowest BCUT2D eigenvalue weighted by Gasteiger charge is -2.41. The zero-order valence-electron chi connectivity index (χ0n) is 25.7. The maximum atomic E-state index is 14.0. The molecule has 0 aliphatic carbocycles. The Balaban J connectivity index is 1.30. The Hall–Kier alpha value is -4.18. The average Bonchev–Trinajstić information content (AvgIpc) is 3.64. The molecule has 2 aliphatic rings. The molecule has 0 saturated carbocycles. The van der Waals surface area contributed by atoms with Gasteiger partial charge < -0.3 is 9.88 Å². The Kier molecular flexibility index (Phi) is 8.43. The minimum atomic E-state index is -4.26. The fraction of sp³-hybridized carbons (Fsp3) is 0.400. The predicted octanol–water partition coefficient (Wildman–Crippen LogP) is 7.25. The molecule has 10 heteroatoms. The first-order valence-corrected chi connectivity index (χ1v) is 15.5. The molecule has 2 fully saturated rings. The number of likely N-dealkylation sites (tertiary alicyclic amines) is 2. The summed E-state index contributed by atoms with van der Waals surface area (Å²) in [4.78, 5) is 39.0. The predicted molar refractivity (Wildman–Crippen MR) is 168 cm³/mol. The van der Waals surface area contributed by atoms with Gasteiger partial charge in [-0.15, -0.1) is 0 Å². The summed E-state index contributed by atoms with van der Waals surface area (Å²) in [6.07, 6.45) is -2.42. The van der Waals surface area contributed by atoms with Crippen LogP contribution in [0.4, 0.5) is 19.1 Å². The third-order valence-electron chi connectivity index (χ3n) is 9.39. The Labute approximate surface area is 260 Å². The van der Waals surface area contributed by atoms with Crippen molar-refractivity contribution in [2.75, 3.05) is 18.4 Å². The lowest BCUT2D eigenvalue weighted by molar-refractivity contribution is -0.177. The Morgan fingerprint density at radius 2 is 1.64 bits per heavy atom.